The normalized spacial score (nSPS) is 10.3. The second-order valence-electron chi connectivity index (χ2n) is 4.50. The third-order valence-corrected chi connectivity index (χ3v) is 2.89. The molecule has 6 heteroatoms. The summed E-state index contributed by atoms with van der Waals surface area (Å²) in [5, 5.41) is 13.7. The molecule has 2 aromatic rings. The van der Waals surface area contributed by atoms with Crippen molar-refractivity contribution in [2.45, 2.75) is 20.4 Å². The van der Waals surface area contributed by atoms with E-state index in [1.807, 2.05) is 32.0 Å². The Kier molecular flexibility index (Phi) is 4.70. The number of carbonyl (C=O) groups excluding carboxylic acids is 1. The fourth-order valence-electron chi connectivity index (χ4n) is 1.92. The number of rotatable bonds is 6. The van der Waals surface area contributed by atoms with Crippen molar-refractivity contribution in [2.75, 3.05) is 18.4 Å². The van der Waals surface area contributed by atoms with Crippen LogP contribution in [0.1, 0.15) is 22.8 Å². The number of anilines is 1. The van der Waals surface area contributed by atoms with Gasteiger partial charge in [0, 0.05) is 25.0 Å². The van der Waals surface area contributed by atoms with Crippen LogP contribution in [0.4, 0.5) is 5.69 Å². The highest BCUT2D eigenvalue weighted by molar-refractivity contribution is 5.99. The van der Waals surface area contributed by atoms with Crippen LogP contribution in [-0.4, -0.2) is 34.0 Å². The third kappa shape index (κ3) is 3.57. The molecule has 0 saturated heterocycles. The summed E-state index contributed by atoms with van der Waals surface area (Å²) in [6.07, 6.45) is 3.38. The summed E-state index contributed by atoms with van der Waals surface area (Å²) >= 11 is 0. The van der Waals surface area contributed by atoms with E-state index in [9.17, 15) is 4.79 Å². The van der Waals surface area contributed by atoms with Gasteiger partial charge in [0.25, 0.3) is 5.91 Å². The van der Waals surface area contributed by atoms with Gasteiger partial charge in [-0.25, -0.2) is 0 Å². The summed E-state index contributed by atoms with van der Waals surface area (Å²) in [5.74, 6) is -0.0823. The Bertz CT molecular complexity index is 565. The molecule has 0 saturated carbocycles. The summed E-state index contributed by atoms with van der Waals surface area (Å²) < 4.78 is 1.68. The Hall–Kier alpha value is -2.37. The quantitative estimate of drug-likeness (QED) is 0.835. The lowest BCUT2D eigenvalue weighted by Gasteiger charge is -2.12. The molecule has 1 aromatic carbocycles. The van der Waals surface area contributed by atoms with E-state index >= 15 is 0 Å². The van der Waals surface area contributed by atoms with Crippen molar-refractivity contribution in [3.05, 3.63) is 41.7 Å². The van der Waals surface area contributed by atoms with Gasteiger partial charge in [0.1, 0.15) is 0 Å². The van der Waals surface area contributed by atoms with Gasteiger partial charge in [-0.15, -0.1) is 5.10 Å². The molecule has 1 amide bonds. The van der Waals surface area contributed by atoms with Crippen LogP contribution in [0.2, 0.25) is 0 Å². The topological polar surface area (TPSA) is 71.8 Å². The maximum absolute atomic E-state index is 12.2. The zero-order valence-electron chi connectivity index (χ0n) is 11.8. The Labute approximate surface area is 118 Å². The van der Waals surface area contributed by atoms with Crippen LogP contribution in [0, 0.1) is 6.92 Å². The molecule has 6 nitrogen and oxygen atoms in total. The van der Waals surface area contributed by atoms with E-state index in [2.05, 4.69) is 20.9 Å². The minimum atomic E-state index is -0.0823. The van der Waals surface area contributed by atoms with Crippen LogP contribution in [0.25, 0.3) is 0 Å². The first kappa shape index (κ1) is 14.0. The van der Waals surface area contributed by atoms with Gasteiger partial charge < -0.3 is 10.6 Å². The molecule has 0 aliphatic rings. The molecule has 0 fully saturated rings. The zero-order valence-corrected chi connectivity index (χ0v) is 11.8. The standard InChI is InChI=1S/C14H19N5O/c1-3-15-13-10-11(2)4-5-12(13)14(20)16-6-8-19-9-7-17-18-19/h4-5,7,9-10,15H,3,6,8H2,1-2H3,(H,16,20). The number of nitrogens with one attached hydrogen (secondary N) is 2. The highest BCUT2D eigenvalue weighted by Gasteiger charge is 2.10. The molecular weight excluding hydrogens is 254 g/mol. The highest BCUT2D eigenvalue weighted by Crippen LogP contribution is 2.17. The molecule has 0 aliphatic heterocycles. The van der Waals surface area contributed by atoms with E-state index in [1.165, 1.54) is 0 Å². The molecule has 0 spiro atoms. The van der Waals surface area contributed by atoms with E-state index in [0.29, 0.717) is 18.7 Å². The molecule has 20 heavy (non-hydrogen) atoms. The number of amides is 1. The van der Waals surface area contributed by atoms with Crippen molar-refractivity contribution < 1.29 is 4.79 Å². The number of hydrogen-bond donors (Lipinski definition) is 2. The van der Waals surface area contributed by atoms with Crippen LogP contribution in [0.15, 0.2) is 30.6 Å². The van der Waals surface area contributed by atoms with E-state index < -0.39 is 0 Å². The second kappa shape index (κ2) is 6.70. The Balaban J connectivity index is 1.97. The molecule has 0 aliphatic carbocycles. The van der Waals surface area contributed by atoms with E-state index in [-0.39, 0.29) is 5.91 Å². The maximum atomic E-state index is 12.2. The third-order valence-electron chi connectivity index (χ3n) is 2.89. The fraction of sp³-hybridized carbons (Fsp3) is 0.357. The summed E-state index contributed by atoms with van der Waals surface area (Å²) in [6.45, 7) is 5.92. The predicted octanol–water partition coefficient (Wildman–Crippen LogP) is 1.45. The number of hydrogen-bond acceptors (Lipinski definition) is 4. The molecule has 1 heterocycles. The Morgan fingerprint density at radius 3 is 2.95 bits per heavy atom. The van der Waals surface area contributed by atoms with Crippen molar-refractivity contribution in [3.8, 4) is 0 Å². The van der Waals surface area contributed by atoms with E-state index in [1.54, 1.807) is 17.1 Å². The van der Waals surface area contributed by atoms with E-state index in [4.69, 9.17) is 0 Å². The summed E-state index contributed by atoms with van der Waals surface area (Å²) in [4.78, 5) is 12.2. The summed E-state index contributed by atoms with van der Waals surface area (Å²) in [7, 11) is 0. The first-order valence-corrected chi connectivity index (χ1v) is 6.67. The van der Waals surface area contributed by atoms with Crippen molar-refractivity contribution in [1.29, 1.82) is 0 Å². The average Bonchev–Trinajstić information content (AvgIpc) is 2.92. The lowest BCUT2D eigenvalue weighted by Crippen LogP contribution is -2.28. The SMILES string of the molecule is CCNc1cc(C)ccc1C(=O)NCCn1ccnn1. The average molecular weight is 273 g/mol. The lowest BCUT2D eigenvalue weighted by molar-refractivity contribution is 0.0952. The van der Waals surface area contributed by atoms with Crippen molar-refractivity contribution in [2.24, 2.45) is 0 Å². The molecule has 0 bridgehead atoms. The number of benzene rings is 1. The molecule has 106 valence electrons. The number of aryl methyl sites for hydroxylation is 1. The van der Waals surface area contributed by atoms with Gasteiger partial charge in [-0.1, -0.05) is 11.3 Å². The predicted molar refractivity (Wildman–Crippen MR) is 77.7 cm³/mol. The van der Waals surface area contributed by atoms with Crippen LogP contribution >= 0.6 is 0 Å². The molecule has 2 rings (SSSR count). The molecule has 2 N–H and O–H groups in total. The maximum Gasteiger partial charge on any atom is 0.253 e. The number of aromatic nitrogens is 3. The molecular formula is C14H19N5O. The second-order valence-corrected chi connectivity index (χ2v) is 4.50. The van der Waals surface area contributed by atoms with Gasteiger partial charge in [0.05, 0.1) is 18.3 Å². The van der Waals surface area contributed by atoms with E-state index in [0.717, 1.165) is 17.8 Å². The van der Waals surface area contributed by atoms with Gasteiger partial charge in [-0.3, -0.25) is 9.48 Å². The molecule has 1 aromatic heterocycles. The fourth-order valence-corrected chi connectivity index (χ4v) is 1.92. The number of carbonyl (C=O) groups is 1. The summed E-state index contributed by atoms with van der Waals surface area (Å²) in [6, 6.07) is 5.77. The lowest BCUT2D eigenvalue weighted by atomic mass is 10.1. The minimum absolute atomic E-state index is 0.0823. The van der Waals surface area contributed by atoms with Gasteiger partial charge in [-0.2, -0.15) is 0 Å². The highest BCUT2D eigenvalue weighted by atomic mass is 16.1. The van der Waals surface area contributed by atoms with Crippen molar-refractivity contribution in [3.63, 3.8) is 0 Å². The van der Waals surface area contributed by atoms with Gasteiger partial charge in [0.15, 0.2) is 0 Å². The van der Waals surface area contributed by atoms with Crippen molar-refractivity contribution in [1.82, 2.24) is 20.3 Å². The van der Waals surface area contributed by atoms with Crippen LogP contribution in [-0.2, 0) is 6.54 Å². The van der Waals surface area contributed by atoms with Gasteiger partial charge >= 0.3 is 0 Å². The molecule has 0 atom stereocenters. The minimum Gasteiger partial charge on any atom is -0.385 e. The van der Waals surface area contributed by atoms with Crippen LogP contribution in [0.5, 0.6) is 0 Å². The first-order chi connectivity index (χ1) is 9.70. The molecule has 0 radical (unpaired) electrons. The number of nitrogens with zero attached hydrogens (tertiary/aromatic N) is 3. The molecule has 0 unspecified atom stereocenters. The monoisotopic (exact) mass is 273 g/mol. The Morgan fingerprint density at radius 2 is 2.25 bits per heavy atom. The zero-order chi connectivity index (χ0) is 14.4. The van der Waals surface area contributed by atoms with Gasteiger partial charge in [0.2, 0.25) is 0 Å². The summed E-state index contributed by atoms with van der Waals surface area (Å²) in [5.41, 5.74) is 2.65. The van der Waals surface area contributed by atoms with Crippen molar-refractivity contribution >= 4 is 11.6 Å². The van der Waals surface area contributed by atoms with Crippen LogP contribution in [0.3, 0.4) is 0 Å². The first-order valence-electron chi connectivity index (χ1n) is 6.67. The Morgan fingerprint density at radius 1 is 1.40 bits per heavy atom. The smallest absolute Gasteiger partial charge is 0.253 e. The largest absolute Gasteiger partial charge is 0.385 e. The van der Waals surface area contributed by atoms with Crippen LogP contribution < -0.4 is 10.6 Å². The van der Waals surface area contributed by atoms with Gasteiger partial charge in [-0.05, 0) is 31.5 Å².